The summed E-state index contributed by atoms with van der Waals surface area (Å²) < 4.78 is 2.38. The number of rotatable bonds is 2. The summed E-state index contributed by atoms with van der Waals surface area (Å²) in [4.78, 5) is 4.71. The molecule has 0 saturated heterocycles. The van der Waals surface area contributed by atoms with Crippen LogP contribution in [0, 0.1) is 6.92 Å². The number of aromatic nitrogens is 2. The number of para-hydroxylation sites is 1. The van der Waals surface area contributed by atoms with Gasteiger partial charge in [-0.2, -0.15) is 0 Å². The molecule has 1 saturated carbocycles. The van der Waals surface area contributed by atoms with Gasteiger partial charge in [-0.15, -0.1) is 11.6 Å². The first-order valence-electron chi connectivity index (χ1n) is 6.30. The lowest BCUT2D eigenvalue weighted by atomic mass is 9.92. The van der Waals surface area contributed by atoms with E-state index in [4.69, 9.17) is 16.6 Å². The summed E-state index contributed by atoms with van der Waals surface area (Å²) in [6.45, 7) is 4.16. The zero-order valence-electron chi connectivity index (χ0n) is 10.3. The molecule has 1 aromatic heterocycles. The first-order valence-corrected chi connectivity index (χ1v) is 6.73. The van der Waals surface area contributed by atoms with E-state index in [-0.39, 0.29) is 5.38 Å². The number of nitrogens with zero attached hydrogens (tertiary/aromatic N) is 2. The topological polar surface area (TPSA) is 17.8 Å². The predicted molar refractivity (Wildman–Crippen MR) is 71.6 cm³/mol. The van der Waals surface area contributed by atoms with Crippen LogP contribution in [-0.4, -0.2) is 9.55 Å². The van der Waals surface area contributed by atoms with E-state index in [0.717, 1.165) is 11.3 Å². The van der Waals surface area contributed by atoms with E-state index in [1.165, 1.54) is 30.3 Å². The van der Waals surface area contributed by atoms with Crippen LogP contribution < -0.4 is 0 Å². The van der Waals surface area contributed by atoms with Crippen LogP contribution in [0.3, 0.4) is 0 Å². The maximum Gasteiger partial charge on any atom is 0.127 e. The minimum Gasteiger partial charge on any atom is -0.323 e. The molecule has 1 atom stereocenters. The Balaban J connectivity index is 2.29. The Labute approximate surface area is 107 Å². The Kier molecular flexibility index (Phi) is 2.62. The van der Waals surface area contributed by atoms with Crippen molar-refractivity contribution >= 4 is 22.6 Å². The molecule has 0 spiro atoms. The van der Waals surface area contributed by atoms with Gasteiger partial charge >= 0.3 is 0 Å². The van der Waals surface area contributed by atoms with Crippen LogP contribution in [0.1, 0.15) is 49.0 Å². The van der Waals surface area contributed by atoms with E-state index < -0.39 is 0 Å². The highest BCUT2D eigenvalue weighted by Crippen LogP contribution is 2.38. The third-order valence-corrected chi connectivity index (χ3v) is 3.93. The number of aryl methyl sites for hydroxylation is 1. The molecule has 90 valence electrons. The summed E-state index contributed by atoms with van der Waals surface area (Å²) in [5.74, 6) is 1.03. The Morgan fingerprint density at radius 1 is 1.41 bits per heavy atom. The molecule has 0 aliphatic heterocycles. The zero-order chi connectivity index (χ0) is 12.0. The van der Waals surface area contributed by atoms with Crippen molar-refractivity contribution in [3.05, 3.63) is 29.6 Å². The maximum atomic E-state index is 6.27. The number of fused-ring (bicyclic) bond motifs is 1. The van der Waals surface area contributed by atoms with Gasteiger partial charge in [0.25, 0.3) is 0 Å². The summed E-state index contributed by atoms with van der Waals surface area (Å²) >= 11 is 6.27. The van der Waals surface area contributed by atoms with Crippen LogP contribution in [0.4, 0.5) is 0 Å². The average molecular weight is 249 g/mol. The molecule has 1 aliphatic rings. The minimum atomic E-state index is -0.0256. The highest BCUT2D eigenvalue weighted by Gasteiger charge is 2.26. The Bertz CT molecular complexity index is 553. The van der Waals surface area contributed by atoms with E-state index in [9.17, 15) is 0 Å². The van der Waals surface area contributed by atoms with Crippen molar-refractivity contribution in [1.29, 1.82) is 0 Å². The average Bonchev–Trinajstić information content (AvgIpc) is 2.57. The summed E-state index contributed by atoms with van der Waals surface area (Å²) in [7, 11) is 0. The first-order chi connectivity index (χ1) is 8.18. The number of hydrogen-bond acceptors (Lipinski definition) is 1. The van der Waals surface area contributed by atoms with Crippen LogP contribution in [0.15, 0.2) is 18.2 Å². The van der Waals surface area contributed by atoms with Gasteiger partial charge in [-0.25, -0.2) is 4.98 Å². The lowest BCUT2D eigenvalue weighted by Crippen LogP contribution is -2.19. The second-order valence-corrected chi connectivity index (χ2v) is 5.64. The van der Waals surface area contributed by atoms with Gasteiger partial charge in [0.2, 0.25) is 0 Å². The van der Waals surface area contributed by atoms with Gasteiger partial charge in [-0.1, -0.05) is 12.1 Å². The summed E-state index contributed by atoms with van der Waals surface area (Å²) in [6, 6.07) is 6.91. The number of halogens is 1. The molecule has 0 N–H and O–H groups in total. The molecule has 2 aromatic rings. The number of hydrogen-bond donors (Lipinski definition) is 0. The zero-order valence-corrected chi connectivity index (χ0v) is 11.0. The molecule has 1 aliphatic carbocycles. The fraction of sp³-hybridized carbons (Fsp3) is 0.500. The van der Waals surface area contributed by atoms with E-state index in [1.54, 1.807) is 0 Å². The molecule has 1 aromatic carbocycles. The normalized spacial score (nSPS) is 18.3. The quantitative estimate of drug-likeness (QED) is 0.722. The third-order valence-electron chi connectivity index (χ3n) is 3.73. The molecule has 2 nitrogen and oxygen atoms in total. The molecule has 17 heavy (non-hydrogen) atoms. The van der Waals surface area contributed by atoms with E-state index in [1.807, 2.05) is 6.92 Å². The number of alkyl halides is 1. The monoisotopic (exact) mass is 248 g/mol. The van der Waals surface area contributed by atoms with Crippen molar-refractivity contribution in [3.8, 4) is 0 Å². The van der Waals surface area contributed by atoms with Gasteiger partial charge in [0.05, 0.1) is 16.4 Å². The van der Waals surface area contributed by atoms with Crippen LogP contribution in [0.25, 0.3) is 11.0 Å². The van der Waals surface area contributed by atoms with Gasteiger partial charge in [-0.05, 0) is 44.7 Å². The molecule has 3 rings (SSSR count). The SMILES string of the molecule is Cc1cccc2nc(C(C)Cl)n(C3CCC3)c12. The molecule has 0 radical (unpaired) electrons. The van der Waals surface area contributed by atoms with Crippen LogP contribution in [0.2, 0.25) is 0 Å². The van der Waals surface area contributed by atoms with Crippen molar-refractivity contribution in [2.45, 2.75) is 44.5 Å². The Morgan fingerprint density at radius 3 is 2.76 bits per heavy atom. The summed E-state index contributed by atoms with van der Waals surface area (Å²) in [5, 5.41) is -0.0256. The second-order valence-electron chi connectivity index (χ2n) is 4.98. The maximum absolute atomic E-state index is 6.27. The van der Waals surface area contributed by atoms with Gasteiger partial charge in [0, 0.05) is 6.04 Å². The summed E-state index contributed by atoms with van der Waals surface area (Å²) in [6.07, 6.45) is 3.85. The van der Waals surface area contributed by atoms with Crippen molar-refractivity contribution in [1.82, 2.24) is 9.55 Å². The minimum absolute atomic E-state index is 0.0256. The van der Waals surface area contributed by atoms with E-state index in [2.05, 4.69) is 29.7 Å². The molecule has 0 bridgehead atoms. The van der Waals surface area contributed by atoms with Crippen LogP contribution in [0.5, 0.6) is 0 Å². The fourth-order valence-corrected chi connectivity index (χ4v) is 2.79. The smallest absolute Gasteiger partial charge is 0.127 e. The Hall–Kier alpha value is -1.02. The first kappa shape index (κ1) is 11.1. The molecule has 1 unspecified atom stereocenters. The highest BCUT2D eigenvalue weighted by atomic mass is 35.5. The lowest BCUT2D eigenvalue weighted by molar-refractivity contribution is 0.313. The van der Waals surface area contributed by atoms with Crippen molar-refractivity contribution in [2.75, 3.05) is 0 Å². The molecule has 3 heteroatoms. The van der Waals surface area contributed by atoms with Crippen molar-refractivity contribution in [3.63, 3.8) is 0 Å². The largest absolute Gasteiger partial charge is 0.323 e. The highest BCUT2D eigenvalue weighted by molar-refractivity contribution is 6.20. The van der Waals surface area contributed by atoms with Crippen LogP contribution >= 0.6 is 11.6 Å². The number of imidazole rings is 1. The van der Waals surface area contributed by atoms with Gasteiger partial charge in [-0.3, -0.25) is 0 Å². The van der Waals surface area contributed by atoms with Gasteiger partial charge in [0.1, 0.15) is 5.82 Å². The van der Waals surface area contributed by atoms with Crippen molar-refractivity contribution in [2.24, 2.45) is 0 Å². The van der Waals surface area contributed by atoms with E-state index in [0.29, 0.717) is 6.04 Å². The van der Waals surface area contributed by atoms with E-state index >= 15 is 0 Å². The van der Waals surface area contributed by atoms with Crippen LogP contribution in [-0.2, 0) is 0 Å². The summed E-state index contributed by atoms with van der Waals surface area (Å²) in [5.41, 5.74) is 3.66. The van der Waals surface area contributed by atoms with Gasteiger partial charge < -0.3 is 4.57 Å². The predicted octanol–water partition coefficient (Wildman–Crippen LogP) is 4.37. The third kappa shape index (κ3) is 1.66. The molecule has 0 amide bonds. The Morgan fingerprint density at radius 2 is 2.18 bits per heavy atom. The second kappa shape index (κ2) is 4.02. The van der Waals surface area contributed by atoms with Crippen molar-refractivity contribution < 1.29 is 0 Å². The molecule has 1 fully saturated rings. The lowest BCUT2D eigenvalue weighted by Gasteiger charge is -2.30. The standard InChI is InChI=1S/C14H17ClN2/c1-9-5-3-8-12-13(9)17(11-6-4-7-11)14(16-12)10(2)15/h3,5,8,10-11H,4,6-7H2,1-2H3. The van der Waals surface area contributed by atoms with Gasteiger partial charge in [0.15, 0.2) is 0 Å². The molecular formula is C14H17ClN2. The number of benzene rings is 1. The fourth-order valence-electron chi connectivity index (χ4n) is 2.63. The molecule has 1 heterocycles. The molecular weight excluding hydrogens is 232 g/mol.